The Hall–Kier alpha value is -2.35. The van der Waals surface area contributed by atoms with E-state index < -0.39 is 5.72 Å². The van der Waals surface area contributed by atoms with E-state index in [1.807, 2.05) is 24.4 Å². The lowest BCUT2D eigenvalue weighted by Crippen LogP contribution is -2.32. The van der Waals surface area contributed by atoms with Crippen LogP contribution < -0.4 is 4.74 Å². The normalized spacial score (nSPS) is 23.6. The Morgan fingerprint density at radius 2 is 2.00 bits per heavy atom. The van der Waals surface area contributed by atoms with Gasteiger partial charge in [-0.1, -0.05) is 36.4 Å². The van der Waals surface area contributed by atoms with Crippen LogP contribution in [-0.4, -0.2) is 11.9 Å². The molecule has 1 atom stereocenters. The van der Waals surface area contributed by atoms with E-state index in [1.54, 1.807) is 0 Å². The highest BCUT2D eigenvalue weighted by molar-refractivity contribution is 5.93. The van der Waals surface area contributed by atoms with Crippen LogP contribution in [0.5, 0.6) is 5.75 Å². The Bertz CT molecular complexity index is 728. The first-order chi connectivity index (χ1) is 9.36. The Morgan fingerprint density at radius 1 is 1.05 bits per heavy atom. The number of rotatable bonds is 0. The predicted octanol–water partition coefficient (Wildman–Crippen LogP) is 3.97. The monoisotopic (exact) mass is 247 g/mol. The van der Waals surface area contributed by atoms with Gasteiger partial charge in [0.25, 0.3) is 0 Å². The van der Waals surface area contributed by atoms with Crippen molar-refractivity contribution < 1.29 is 4.74 Å². The van der Waals surface area contributed by atoms with Crippen molar-refractivity contribution >= 4 is 23.1 Å². The van der Waals surface area contributed by atoms with Gasteiger partial charge >= 0.3 is 0 Å². The van der Waals surface area contributed by atoms with E-state index in [9.17, 15) is 0 Å². The summed E-state index contributed by atoms with van der Waals surface area (Å²) < 4.78 is 6.10. The Balaban J connectivity index is 1.90. The molecule has 92 valence electrons. The van der Waals surface area contributed by atoms with E-state index in [1.165, 1.54) is 10.8 Å². The Morgan fingerprint density at radius 3 is 2.89 bits per heavy atom. The molecule has 0 N–H and O–H groups in total. The SMILES string of the molecule is C1=CC2(C=Cc3c(ccc4ccccc34)O2)N=CC1. The summed E-state index contributed by atoms with van der Waals surface area (Å²) in [5, 5.41) is 2.45. The maximum absolute atomic E-state index is 6.10. The van der Waals surface area contributed by atoms with Crippen molar-refractivity contribution in [1.82, 2.24) is 0 Å². The molecule has 19 heavy (non-hydrogen) atoms. The van der Waals surface area contributed by atoms with E-state index >= 15 is 0 Å². The fourth-order valence-electron chi connectivity index (χ4n) is 2.64. The zero-order valence-electron chi connectivity index (χ0n) is 10.4. The summed E-state index contributed by atoms with van der Waals surface area (Å²) in [5.41, 5.74) is 0.506. The molecule has 0 aromatic heterocycles. The molecule has 1 spiro atoms. The third-order valence-electron chi connectivity index (χ3n) is 3.58. The van der Waals surface area contributed by atoms with Gasteiger partial charge in [0, 0.05) is 18.2 Å². The molecule has 2 aromatic carbocycles. The minimum atomic E-state index is -0.631. The highest BCUT2D eigenvalue weighted by Crippen LogP contribution is 2.37. The molecule has 1 unspecified atom stereocenters. The molecule has 2 nitrogen and oxygen atoms in total. The first kappa shape index (κ1) is 10.6. The number of hydrogen-bond donors (Lipinski definition) is 0. The van der Waals surface area contributed by atoms with Crippen molar-refractivity contribution in [1.29, 1.82) is 0 Å². The summed E-state index contributed by atoms with van der Waals surface area (Å²) in [6.45, 7) is 0. The standard InChI is InChI=1S/C17H13NO/c1-2-6-14-13(5-1)7-8-16-15(14)9-11-17(19-16)10-3-4-12-18-17/h1-3,5-12H,4H2. The Labute approximate surface area is 111 Å². The molecule has 2 aliphatic heterocycles. The third-order valence-corrected chi connectivity index (χ3v) is 3.58. The van der Waals surface area contributed by atoms with Gasteiger partial charge in [0.1, 0.15) is 5.75 Å². The summed E-state index contributed by atoms with van der Waals surface area (Å²) >= 11 is 0. The second-order valence-electron chi connectivity index (χ2n) is 4.84. The van der Waals surface area contributed by atoms with Crippen molar-refractivity contribution in [3.8, 4) is 5.75 Å². The molecule has 0 bridgehead atoms. The second-order valence-corrected chi connectivity index (χ2v) is 4.84. The van der Waals surface area contributed by atoms with Crippen LogP contribution in [0.15, 0.2) is 59.6 Å². The maximum Gasteiger partial charge on any atom is 0.238 e. The van der Waals surface area contributed by atoms with Crippen LogP contribution in [0.25, 0.3) is 16.8 Å². The van der Waals surface area contributed by atoms with Gasteiger partial charge in [0.05, 0.1) is 0 Å². The molecule has 0 saturated heterocycles. The van der Waals surface area contributed by atoms with Gasteiger partial charge in [-0.05, 0) is 35.1 Å². The van der Waals surface area contributed by atoms with E-state index in [4.69, 9.17) is 4.74 Å². The Kier molecular flexibility index (Phi) is 2.12. The molecule has 4 rings (SSSR count). The molecule has 2 heteroatoms. The van der Waals surface area contributed by atoms with E-state index in [-0.39, 0.29) is 0 Å². The number of nitrogens with zero attached hydrogens (tertiary/aromatic N) is 1. The number of benzene rings is 2. The van der Waals surface area contributed by atoms with Gasteiger partial charge in [0.15, 0.2) is 0 Å². The highest BCUT2D eigenvalue weighted by Gasteiger charge is 2.30. The number of dihydropyridines is 1. The molecule has 2 aliphatic rings. The van der Waals surface area contributed by atoms with Gasteiger partial charge in [-0.15, -0.1) is 0 Å². The largest absolute Gasteiger partial charge is 0.458 e. The van der Waals surface area contributed by atoms with Gasteiger partial charge in [-0.25, -0.2) is 4.99 Å². The van der Waals surface area contributed by atoms with Gasteiger partial charge in [0.2, 0.25) is 5.72 Å². The third kappa shape index (κ3) is 1.60. The number of hydrogen-bond acceptors (Lipinski definition) is 2. The summed E-state index contributed by atoms with van der Waals surface area (Å²) in [6.07, 6.45) is 11.0. The van der Waals surface area contributed by atoms with E-state index in [2.05, 4.69) is 47.5 Å². The number of allylic oxidation sites excluding steroid dienone is 1. The summed E-state index contributed by atoms with van der Waals surface area (Å²) in [4.78, 5) is 4.48. The van der Waals surface area contributed by atoms with Crippen molar-refractivity contribution in [2.75, 3.05) is 0 Å². The minimum Gasteiger partial charge on any atom is -0.458 e. The zero-order chi connectivity index (χ0) is 12.7. The van der Waals surface area contributed by atoms with Crippen molar-refractivity contribution in [2.24, 2.45) is 4.99 Å². The predicted molar refractivity (Wildman–Crippen MR) is 78.6 cm³/mol. The number of aliphatic imine (C=N–C) groups is 1. The second kappa shape index (κ2) is 3.82. The van der Waals surface area contributed by atoms with E-state index in [0.29, 0.717) is 0 Å². The summed E-state index contributed by atoms with van der Waals surface area (Å²) in [6, 6.07) is 12.5. The molecular weight excluding hydrogens is 234 g/mol. The van der Waals surface area contributed by atoms with Crippen LogP contribution in [-0.2, 0) is 0 Å². The van der Waals surface area contributed by atoms with Crippen molar-refractivity contribution in [2.45, 2.75) is 12.1 Å². The lowest BCUT2D eigenvalue weighted by molar-refractivity contribution is 0.178. The lowest BCUT2D eigenvalue weighted by Gasteiger charge is -2.30. The molecule has 0 radical (unpaired) electrons. The molecule has 0 saturated carbocycles. The smallest absolute Gasteiger partial charge is 0.238 e. The molecule has 0 fully saturated rings. The molecule has 0 aliphatic carbocycles. The quantitative estimate of drug-likeness (QED) is 0.645. The first-order valence-electron chi connectivity index (χ1n) is 6.48. The molecular formula is C17H13NO. The average molecular weight is 247 g/mol. The van der Waals surface area contributed by atoms with Crippen LogP contribution >= 0.6 is 0 Å². The van der Waals surface area contributed by atoms with Crippen molar-refractivity contribution in [3.63, 3.8) is 0 Å². The number of fused-ring (bicyclic) bond motifs is 3. The fourth-order valence-corrected chi connectivity index (χ4v) is 2.64. The average Bonchev–Trinajstić information content (AvgIpc) is 2.47. The lowest BCUT2D eigenvalue weighted by atomic mass is 9.98. The van der Waals surface area contributed by atoms with Crippen LogP contribution in [0, 0.1) is 0 Å². The van der Waals surface area contributed by atoms with Crippen LogP contribution in [0.1, 0.15) is 12.0 Å². The first-order valence-corrected chi connectivity index (χ1v) is 6.48. The fraction of sp³-hybridized carbons (Fsp3) is 0.118. The highest BCUT2D eigenvalue weighted by atomic mass is 16.5. The van der Waals surface area contributed by atoms with Crippen molar-refractivity contribution in [3.05, 3.63) is 60.2 Å². The van der Waals surface area contributed by atoms with Gasteiger partial charge in [-0.2, -0.15) is 0 Å². The summed E-state index contributed by atoms with van der Waals surface area (Å²) in [7, 11) is 0. The zero-order valence-corrected chi connectivity index (χ0v) is 10.4. The summed E-state index contributed by atoms with van der Waals surface area (Å²) in [5.74, 6) is 0.893. The van der Waals surface area contributed by atoms with Gasteiger partial charge < -0.3 is 4.74 Å². The molecule has 0 amide bonds. The number of ether oxygens (including phenoxy) is 1. The maximum atomic E-state index is 6.10. The molecule has 2 aromatic rings. The van der Waals surface area contributed by atoms with Gasteiger partial charge in [-0.3, -0.25) is 0 Å². The topological polar surface area (TPSA) is 21.6 Å². The minimum absolute atomic E-state index is 0.631. The van der Waals surface area contributed by atoms with E-state index in [0.717, 1.165) is 17.7 Å². The van der Waals surface area contributed by atoms with Crippen LogP contribution in [0.4, 0.5) is 0 Å². The molecule has 2 heterocycles. The van der Waals surface area contributed by atoms with Crippen LogP contribution in [0.2, 0.25) is 0 Å². The van der Waals surface area contributed by atoms with Crippen LogP contribution in [0.3, 0.4) is 0 Å².